The van der Waals surface area contributed by atoms with E-state index in [4.69, 9.17) is 4.74 Å². The van der Waals surface area contributed by atoms with Crippen LogP contribution in [-0.2, 0) is 21.0 Å². The Labute approximate surface area is 242 Å². The monoisotopic (exact) mass is 632 g/mol. The number of ether oxygens (including phenoxy) is 2. The molecule has 0 fully saturated rings. The lowest BCUT2D eigenvalue weighted by atomic mass is 9.94. The molecule has 1 heterocycles. The fraction of sp³-hybridized carbons (Fsp3) is 0.321. The highest BCUT2D eigenvalue weighted by atomic mass is 32.2. The van der Waals surface area contributed by atoms with Crippen molar-refractivity contribution in [1.82, 2.24) is 5.32 Å². The molecule has 0 aromatic heterocycles. The number of nitrogens with zero attached hydrogens (tertiary/aromatic N) is 1. The number of hydrogen-bond donors (Lipinski definition) is 2. The van der Waals surface area contributed by atoms with Crippen molar-refractivity contribution in [2.24, 2.45) is 5.41 Å². The zero-order chi connectivity index (χ0) is 31.7. The highest BCUT2D eigenvalue weighted by Crippen LogP contribution is 2.41. The molecule has 2 N–H and O–H groups in total. The van der Waals surface area contributed by atoms with Crippen LogP contribution in [-0.4, -0.2) is 51.8 Å². The number of nitrogens with one attached hydrogen (secondary N) is 1. The van der Waals surface area contributed by atoms with Crippen molar-refractivity contribution in [2.75, 3.05) is 24.0 Å². The molecule has 15 heteroatoms. The Balaban J connectivity index is 1.78. The van der Waals surface area contributed by atoms with E-state index in [0.717, 1.165) is 34.6 Å². The summed E-state index contributed by atoms with van der Waals surface area (Å²) in [6, 6.07) is 9.94. The summed E-state index contributed by atoms with van der Waals surface area (Å²) in [6.45, 7) is -1.44. The second kappa shape index (κ2) is 12.0. The average Bonchev–Trinajstić information content (AvgIpc) is 2.94. The lowest BCUT2D eigenvalue weighted by molar-refractivity contribution is -0.137. The minimum Gasteiger partial charge on any atom is -0.484 e. The van der Waals surface area contributed by atoms with E-state index in [1.54, 1.807) is 0 Å². The highest BCUT2D eigenvalue weighted by molar-refractivity contribution is 7.92. The number of fused-ring (bicyclic) bond motifs is 1. The summed E-state index contributed by atoms with van der Waals surface area (Å²) in [7, 11) is -4.69. The summed E-state index contributed by atoms with van der Waals surface area (Å²) in [6.07, 6.45) is -5.85. The van der Waals surface area contributed by atoms with Crippen LogP contribution in [0.3, 0.4) is 0 Å². The van der Waals surface area contributed by atoms with Crippen LogP contribution in [0.25, 0.3) is 11.1 Å². The van der Waals surface area contributed by atoms with E-state index in [0.29, 0.717) is 12.1 Å². The van der Waals surface area contributed by atoms with Gasteiger partial charge in [-0.15, -0.1) is 0 Å². The van der Waals surface area contributed by atoms with Gasteiger partial charge in [-0.05, 0) is 67.4 Å². The number of anilines is 1. The van der Waals surface area contributed by atoms with Gasteiger partial charge in [-0.1, -0.05) is 12.1 Å². The van der Waals surface area contributed by atoms with Gasteiger partial charge in [-0.25, -0.2) is 12.8 Å². The molecule has 43 heavy (non-hydrogen) atoms. The Morgan fingerprint density at radius 3 is 2.47 bits per heavy atom. The number of carbonyl (C=O) groups is 1. The SMILES string of the molecule is CC(C)(CO)C(=O)NCC1CN(S(=O)(=O)c2cccc(C(F)(F)F)c2)c2cc(-c3cc(F)cc(OC(F)F)c3)ccc2O1. The molecule has 0 aliphatic carbocycles. The van der Waals surface area contributed by atoms with E-state index in [9.17, 15) is 44.7 Å². The van der Waals surface area contributed by atoms with Crippen LogP contribution in [0, 0.1) is 11.2 Å². The van der Waals surface area contributed by atoms with E-state index >= 15 is 0 Å². The molecule has 232 valence electrons. The van der Waals surface area contributed by atoms with Crippen LogP contribution in [0.15, 0.2) is 65.6 Å². The van der Waals surface area contributed by atoms with Crippen LogP contribution in [0.2, 0.25) is 0 Å². The molecule has 8 nitrogen and oxygen atoms in total. The average molecular weight is 633 g/mol. The number of carbonyl (C=O) groups excluding carboxylic acids is 1. The molecule has 0 bridgehead atoms. The normalized spacial score (nSPS) is 15.6. The Kier molecular flexibility index (Phi) is 8.88. The molecule has 1 atom stereocenters. The highest BCUT2D eigenvalue weighted by Gasteiger charge is 2.38. The molecular formula is C28H26F6N2O6S. The molecule has 0 saturated heterocycles. The second-order valence-electron chi connectivity index (χ2n) is 10.3. The van der Waals surface area contributed by atoms with Crippen molar-refractivity contribution in [1.29, 1.82) is 0 Å². The molecule has 1 amide bonds. The van der Waals surface area contributed by atoms with E-state index in [1.165, 1.54) is 32.0 Å². The quantitative estimate of drug-likeness (QED) is 0.314. The summed E-state index contributed by atoms with van der Waals surface area (Å²) in [5.74, 6) is -2.00. The van der Waals surface area contributed by atoms with Gasteiger partial charge in [0.05, 0.1) is 41.3 Å². The minimum absolute atomic E-state index is 0.0355. The van der Waals surface area contributed by atoms with Crippen molar-refractivity contribution in [3.8, 4) is 22.6 Å². The van der Waals surface area contributed by atoms with Gasteiger partial charge >= 0.3 is 12.8 Å². The van der Waals surface area contributed by atoms with Gasteiger partial charge in [0, 0.05) is 6.07 Å². The van der Waals surface area contributed by atoms with Crippen molar-refractivity contribution in [2.45, 2.75) is 37.6 Å². The molecule has 1 aliphatic rings. The van der Waals surface area contributed by atoms with Gasteiger partial charge in [-0.3, -0.25) is 9.10 Å². The van der Waals surface area contributed by atoms with Crippen LogP contribution in [0.1, 0.15) is 19.4 Å². The van der Waals surface area contributed by atoms with Crippen LogP contribution < -0.4 is 19.1 Å². The molecule has 1 aliphatic heterocycles. The smallest absolute Gasteiger partial charge is 0.416 e. The van der Waals surface area contributed by atoms with Crippen molar-refractivity contribution >= 4 is 21.6 Å². The van der Waals surface area contributed by atoms with Crippen LogP contribution in [0.4, 0.5) is 32.0 Å². The summed E-state index contributed by atoms with van der Waals surface area (Å²) < 4.78 is 119. The predicted molar refractivity (Wildman–Crippen MR) is 143 cm³/mol. The summed E-state index contributed by atoms with van der Waals surface area (Å²) in [5, 5.41) is 12.0. The van der Waals surface area contributed by atoms with Gasteiger partial charge < -0.3 is 19.9 Å². The number of aliphatic hydroxyl groups is 1. The minimum atomic E-state index is -4.83. The Hall–Kier alpha value is -3.98. The fourth-order valence-corrected chi connectivity index (χ4v) is 5.75. The number of halogens is 6. The van der Waals surface area contributed by atoms with E-state index in [1.807, 2.05) is 0 Å². The van der Waals surface area contributed by atoms with Crippen LogP contribution in [0.5, 0.6) is 11.5 Å². The zero-order valence-electron chi connectivity index (χ0n) is 22.7. The lowest BCUT2D eigenvalue weighted by Gasteiger charge is -2.36. The molecular weight excluding hydrogens is 606 g/mol. The molecule has 0 spiro atoms. The predicted octanol–water partition coefficient (Wildman–Crippen LogP) is 5.20. The summed E-state index contributed by atoms with van der Waals surface area (Å²) in [4.78, 5) is 11.8. The Morgan fingerprint density at radius 1 is 1.09 bits per heavy atom. The molecule has 0 radical (unpaired) electrons. The molecule has 1 unspecified atom stereocenters. The second-order valence-corrected chi connectivity index (χ2v) is 12.2. The maximum absolute atomic E-state index is 14.2. The first-order valence-electron chi connectivity index (χ1n) is 12.7. The van der Waals surface area contributed by atoms with Gasteiger partial charge in [0.1, 0.15) is 23.4 Å². The largest absolute Gasteiger partial charge is 0.484 e. The number of alkyl halides is 5. The van der Waals surface area contributed by atoms with Crippen LogP contribution >= 0.6 is 0 Å². The van der Waals surface area contributed by atoms with E-state index in [-0.39, 0.29) is 29.1 Å². The number of aliphatic hydroxyl groups excluding tert-OH is 1. The molecule has 3 aromatic rings. The summed E-state index contributed by atoms with van der Waals surface area (Å²) in [5.41, 5.74) is -2.30. The number of amides is 1. The van der Waals surface area contributed by atoms with Gasteiger partial charge in [0.15, 0.2) is 0 Å². The first kappa shape index (κ1) is 31.9. The number of rotatable bonds is 9. The third-order valence-electron chi connectivity index (χ3n) is 6.57. The third-order valence-corrected chi connectivity index (χ3v) is 8.35. The first-order chi connectivity index (χ1) is 20.0. The maximum atomic E-state index is 14.2. The third kappa shape index (κ3) is 7.16. The topological polar surface area (TPSA) is 105 Å². The van der Waals surface area contributed by atoms with E-state index in [2.05, 4.69) is 10.1 Å². The van der Waals surface area contributed by atoms with E-state index < -0.39 is 75.4 Å². The number of hydrogen-bond acceptors (Lipinski definition) is 6. The first-order valence-corrected chi connectivity index (χ1v) is 14.1. The number of benzene rings is 3. The molecule has 0 saturated carbocycles. The lowest BCUT2D eigenvalue weighted by Crippen LogP contribution is -2.50. The zero-order valence-corrected chi connectivity index (χ0v) is 23.5. The number of sulfonamides is 1. The van der Waals surface area contributed by atoms with Crippen molar-refractivity contribution in [3.63, 3.8) is 0 Å². The molecule has 3 aromatic carbocycles. The van der Waals surface area contributed by atoms with Gasteiger partial charge in [0.2, 0.25) is 5.91 Å². The summed E-state index contributed by atoms with van der Waals surface area (Å²) >= 11 is 0. The van der Waals surface area contributed by atoms with Crippen molar-refractivity contribution in [3.05, 3.63) is 72.0 Å². The Morgan fingerprint density at radius 2 is 1.81 bits per heavy atom. The molecule has 4 rings (SSSR count). The van der Waals surface area contributed by atoms with Crippen molar-refractivity contribution < 1.29 is 54.1 Å². The fourth-order valence-electron chi connectivity index (χ4n) is 4.20. The maximum Gasteiger partial charge on any atom is 0.416 e. The van der Waals surface area contributed by atoms with Gasteiger partial charge in [-0.2, -0.15) is 22.0 Å². The standard InChI is InChI=1S/C28H26F6N2O6S/c1-27(2,15-37)25(38)35-13-21-14-36(43(39,40)22-5-3-4-18(11-22)28(32,33)34)23-10-16(6-7-24(23)41-21)17-8-19(29)12-20(9-17)42-26(30)31/h3-12,21,26,37H,13-15H2,1-2H3,(H,35,38). The van der Waals surface area contributed by atoms with Gasteiger partial charge in [0.25, 0.3) is 10.0 Å². The Bertz CT molecular complexity index is 1610.